The Hall–Kier alpha value is -3.01. The molecule has 108 valence electrons. The molecule has 0 fully saturated rings. The van der Waals surface area contributed by atoms with E-state index in [4.69, 9.17) is 4.74 Å². The monoisotopic (exact) mass is 290 g/mol. The average Bonchev–Trinajstić information content (AvgIpc) is 2.59. The van der Waals surface area contributed by atoms with Crippen molar-refractivity contribution in [2.45, 2.75) is 0 Å². The Morgan fingerprint density at radius 2 is 1.73 bits per heavy atom. The first-order valence-corrected chi connectivity index (χ1v) is 6.83. The van der Waals surface area contributed by atoms with Crippen LogP contribution in [-0.4, -0.2) is 22.9 Å². The first-order valence-electron chi connectivity index (χ1n) is 6.83. The molecule has 0 aliphatic rings. The molecule has 22 heavy (non-hydrogen) atoms. The van der Waals surface area contributed by atoms with Crippen molar-refractivity contribution in [3.05, 3.63) is 72.1 Å². The number of nitrogens with zero attached hydrogens (tertiary/aromatic N) is 2. The molecule has 2 aromatic carbocycles. The van der Waals surface area contributed by atoms with Gasteiger partial charge in [0.1, 0.15) is 5.75 Å². The second kappa shape index (κ2) is 6.18. The zero-order valence-electron chi connectivity index (χ0n) is 12.1. The molecule has 0 spiro atoms. The Kier molecular flexibility index (Phi) is 3.92. The third-order valence-corrected chi connectivity index (χ3v) is 3.30. The fourth-order valence-electron chi connectivity index (χ4n) is 2.11. The van der Waals surface area contributed by atoms with Crippen LogP contribution in [0.25, 0.3) is 17.1 Å². The molecule has 0 amide bonds. The minimum atomic E-state index is -0.0538. The summed E-state index contributed by atoms with van der Waals surface area (Å²) in [5.41, 5.74) is 3.18. The molecule has 0 unspecified atom stereocenters. The summed E-state index contributed by atoms with van der Waals surface area (Å²) in [5.74, 6) is 0.676. The summed E-state index contributed by atoms with van der Waals surface area (Å²) in [5, 5.41) is 0. The van der Waals surface area contributed by atoms with Gasteiger partial charge in [0.05, 0.1) is 18.1 Å². The van der Waals surface area contributed by atoms with Crippen LogP contribution in [0.4, 0.5) is 0 Å². The molecule has 3 rings (SSSR count). The minimum Gasteiger partial charge on any atom is -0.497 e. The lowest BCUT2D eigenvalue weighted by molar-refractivity contribution is 0.104. The first kappa shape index (κ1) is 13.9. The number of benzene rings is 2. The van der Waals surface area contributed by atoms with Gasteiger partial charge in [-0.15, -0.1) is 0 Å². The van der Waals surface area contributed by atoms with E-state index < -0.39 is 0 Å². The number of fused-ring (bicyclic) bond motifs is 1. The normalized spacial score (nSPS) is 11.0. The van der Waals surface area contributed by atoms with Crippen molar-refractivity contribution >= 4 is 22.9 Å². The Morgan fingerprint density at radius 1 is 1.00 bits per heavy atom. The maximum Gasteiger partial charge on any atom is 0.185 e. The van der Waals surface area contributed by atoms with Crippen LogP contribution in [0.5, 0.6) is 5.75 Å². The average molecular weight is 290 g/mol. The molecule has 0 saturated heterocycles. The number of rotatable bonds is 4. The number of aromatic nitrogens is 2. The first-order chi connectivity index (χ1) is 10.8. The van der Waals surface area contributed by atoms with Crippen LogP contribution >= 0.6 is 0 Å². The van der Waals surface area contributed by atoms with Gasteiger partial charge in [-0.3, -0.25) is 14.8 Å². The van der Waals surface area contributed by atoms with Crippen molar-refractivity contribution in [1.29, 1.82) is 0 Å². The van der Waals surface area contributed by atoms with Gasteiger partial charge in [0.15, 0.2) is 5.78 Å². The maximum atomic E-state index is 12.1. The summed E-state index contributed by atoms with van der Waals surface area (Å²) >= 11 is 0. The molecule has 4 nitrogen and oxygen atoms in total. The highest BCUT2D eigenvalue weighted by molar-refractivity contribution is 6.07. The molecule has 4 heteroatoms. The Bertz CT molecular complexity index is 839. The van der Waals surface area contributed by atoms with E-state index in [0.29, 0.717) is 5.56 Å². The van der Waals surface area contributed by atoms with Crippen LogP contribution in [-0.2, 0) is 0 Å². The van der Waals surface area contributed by atoms with Crippen molar-refractivity contribution in [2.24, 2.45) is 0 Å². The predicted molar refractivity (Wildman–Crippen MR) is 85.9 cm³/mol. The molecule has 0 atom stereocenters. The molecule has 0 saturated carbocycles. The molecule has 3 aromatic rings. The summed E-state index contributed by atoms with van der Waals surface area (Å²) in [6.45, 7) is 0. The highest BCUT2D eigenvalue weighted by Crippen LogP contribution is 2.14. The lowest BCUT2D eigenvalue weighted by Crippen LogP contribution is -1.94. The molecule has 0 bridgehead atoms. The summed E-state index contributed by atoms with van der Waals surface area (Å²) in [4.78, 5) is 20.6. The second-order valence-electron chi connectivity index (χ2n) is 4.73. The number of carbonyl (C=O) groups is 1. The van der Waals surface area contributed by atoms with E-state index in [1.165, 1.54) is 0 Å². The number of allylic oxidation sites excluding steroid dienone is 1. The third-order valence-electron chi connectivity index (χ3n) is 3.30. The van der Waals surface area contributed by atoms with Crippen LogP contribution in [0.2, 0.25) is 0 Å². The van der Waals surface area contributed by atoms with E-state index in [2.05, 4.69) is 9.97 Å². The highest BCUT2D eigenvalue weighted by atomic mass is 16.5. The zero-order chi connectivity index (χ0) is 15.4. The second-order valence-corrected chi connectivity index (χ2v) is 4.73. The fourth-order valence-corrected chi connectivity index (χ4v) is 2.11. The molecule has 0 N–H and O–H groups in total. The van der Waals surface area contributed by atoms with Gasteiger partial charge in [-0.2, -0.15) is 0 Å². The van der Waals surface area contributed by atoms with Crippen molar-refractivity contribution in [1.82, 2.24) is 9.97 Å². The van der Waals surface area contributed by atoms with E-state index in [9.17, 15) is 4.79 Å². The van der Waals surface area contributed by atoms with Crippen molar-refractivity contribution in [2.75, 3.05) is 7.11 Å². The highest BCUT2D eigenvalue weighted by Gasteiger charge is 2.02. The van der Waals surface area contributed by atoms with E-state index >= 15 is 0 Å². The lowest BCUT2D eigenvalue weighted by atomic mass is 10.1. The molecule has 1 aromatic heterocycles. The van der Waals surface area contributed by atoms with E-state index in [-0.39, 0.29) is 5.78 Å². The van der Waals surface area contributed by atoms with E-state index in [1.807, 2.05) is 18.2 Å². The van der Waals surface area contributed by atoms with Crippen LogP contribution < -0.4 is 4.74 Å². The van der Waals surface area contributed by atoms with E-state index in [1.54, 1.807) is 55.9 Å². The quantitative estimate of drug-likeness (QED) is 0.545. The Morgan fingerprint density at radius 3 is 2.45 bits per heavy atom. The molecular formula is C18H14N2O2. The Balaban J connectivity index is 1.80. The molecule has 0 radical (unpaired) electrons. The van der Waals surface area contributed by atoms with Crippen molar-refractivity contribution < 1.29 is 9.53 Å². The number of carbonyl (C=O) groups excluding carboxylic acids is 1. The largest absolute Gasteiger partial charge is 0.497 e. The number of methoxy groups -OCH3 is 1. The molecule has 1 heterocycles. The van der Waals surface area contributed by atoms with Gasteiger partial charge in [-0.25, -0.2) is 0 Å². The van der Waals surface area contributed by atoms with Gasteiger partial charge in [0, 0.05) is 18.0 Å². The summed E-state index contributed by atoms with van der Waals surface area (Å²) in [7, 11) is 1.60. The van der Waals surface area contributed by atoms with Crippen LogP contribution in [0.3, 0.4) is 0 Å². The fraction of sp³-hybridized carbons (Fsp3) is 0.0556. The third kappa shape index (κ3) is 3.01. The smallest absolute Gasteiger partial charge is 0.185 e. The number of ether oxygens (including phenoxy) is 1. The zero-order valence-corrected chi connectivity index (χ0v) is 12.1. The van der Waals surface area contributed by atoms with Crippen LogP contribution in [0.1, 0.15) is 15.9 Å². The standard InChI is InChI=1S/C18H14N2O2/c1-22-15-6-4-14(5-7-15)18(21)9-3-13-2-8-16-17(12-13)20-11-10-19-16/h2-12H,1H3/b9-3+. The summed E-state index contributed by atoms with van der Waals surface area (Å²) in [6, 6.07) is 12.7. The predicted octanol–water partition coefficient (Wildman–Crippen LogP) is 3.53. The van der Waals surface area contributed by atoms with Crippen molar-refractivity contribution in [3.63, 3.8) is 0 Å². The minimum absolute atomic E-state index is 0.0538. The number of hydrogen-bond acceptors (Lipinski definition) is 4. The SMILES string of the molecule is COc1ccc(C(=O)/C=C/c2ccc3nccnc3c2)cc1. The summed E-state index contributed by atoms with van der Waals surface area (Å²) < 4.78 is 5.08. The van der Waals surface area contributed by atoms with Crippen molar-refractivity contribution in [3.8, 4) is 5.75 Å². The van der Waals surface area contributed by atoms with Gasteiger partial charge in [-0.1, -0.05) is 12.1 Å². The van der Waals surface area contributed by atoms with Crippen LogP contribution in [0, 0.1) is 0 Å². The van der Waals surface area contributed by atoms with Gasteiger partial charge in [0.25, 0.3) is 0 Å². The molecule has 0 aliphatic carbocycles. The van der Waals surface area contributed by atoms with Gasteiger partial charge < -0.3 is 4.74 Å². The number of hydrogen-bond donors (Lipinski definition) is 0. The van der Waals surface area contributed by atoms with Gasteiger partial charge >= 0.3 is 0 Å². The maximum absolute atomic E-state index is 12.1. The molecular weight excluding hydrogens is 276 g/mol. The topological polar surface area (TPSA) is 52.1 Å². The van der Waals surface area contributed by atoms with Gasteiger partial charge in [-0.05, 0) is 48.0 Å². The van der Waals surface area contributed by atoms with E-state index in [0.717, 1.165) is 22.3 Å². The molecule has 0 aliphatic heterocycles. The number of ketones is 1. The lowest BCUT2D eigenvalue weighted by Gasteiger charge is -2.00. The van der Waals surface area contributed by atoms with Crippen LogP contribution in [0.15, 0.2) is 60.9 Å². The Labute approximate surface area is 128 Å². The summed E-state index contributed by atoms with van der Waals surface area (Å²) in [6.07, 6.45) is 6.64. The van der Waals surface area contributed by atoms with Gasteiger partial charge in [0.2, 0.25) is 0 Å².